The van der Waals surface area contributed by atoms with E-state index in [1.165, 1.54) is 6.42 Å². The van der Waals surface area contributed by atoms with Gasteiger partial charge in [0, 0.05) is 19.4 Å². The van der Waals surface area contributed by atoms with E-state index in [1.54, 1.807) is 0 Å². The normalized spacial score (nSPS) is 41.2. The molecule has 5 heteroatoms. The van der Waals surface area contributed by atoms with Gasteiger partial charge in [-0.2, -0.15) is 0 Å². The largest absolute Gasteiger partial charge is 0.411 e. The maximum Gasteiger partial charge on any atom is 0.192 e. The third-order valence-electron chi connectivity index (χ3n) is 7.87. The number of hydrogen-bond donors (Lipinski definition) is 0. The molecule has 6 atom stereocenters. The number of ether oxygens (including phenoxy) is 3. The molecule has 3 heterocycles. The Kier molecular flexibility index (Phi) is 6.78. The molecule has 0 N–H and O–H groups in total. The fourth-order valence-corrected chi connectivity index (χ4v) is 6.44. The van der Waals surface area contributed by atoms with Crippen LogP contribution < -0.4 is 0 Å². The number of allylic oxidation sites excluding steroid dienone is 1. The van der Waals surface area contributed by atoms with Crippen LogP contribution >= 0.6 is 0 Å². The summed E-state index contributed by atoms with van der Waals surface area (Å²) in [6, 6.07) is 0. The van der Waals surface area contributed by atoms with Crippen LogP contribution in [0.3, 0.4) is 0 Å². The van der Waals surface area contributed by atoms with Crippen LogP contribution in [-0.2, 0) is 18.6 Å². The van der Waals surface area contributed by atoms with Crippen molar-refractivity contribution in [2.45, 2.75) is 133 Å². The second kappa shape index (κ2) is 8.38. The minimum atomic E-state index is -1.90. The summed E-state index contributed by atoms with van der Waals surface area (Å²) in [6.45, 7) is 20.8. The van der Waals surface area contributed by atoms with Crippen LogP contribution in [0.4, 0.5) is 0 Å². The lowest BCUT2D eigenvalue weighted by atomic mass is 9.74. The second-order valence-corrected chi connectivity index (χ2v) is 16.2. The van der Waals surface area contributed by atoms with E-state index in [0.717, 1.165) is 45.1 Å². The molecule has 3 aliphatic heterocycles. The summed E-state index contributed by atoms with van der Waals surface area (Å²) in [5.74, 6) is 0. The van der Waals surface area contributed by atoms with Crippen LogP contribution in [0.15, 0.2) is 12.7 Å². The van der Waals surface area contributed by atoms with Crippen molar-refractivity contribution in [3.8, 4) is 0 Å². The summed E-state index contributed by atoms with van der Waals surface area (Å²) in [4.78, 5) is 0. The first-order valence-electron chi connectivity index (χ1n) is 11.7. The van der Waals surface area contributed by atoms with Crippen molar-refractivity contribution >= 4 is 8.32 Å². The van der Waals surface area contributed by atoms with Gasteiger partial charge in [0.05, 0.1) is 35.6 Å². The van der Waals surface area contributed by atoms with Crippen LogP contribution in [-0.4, -0.2) is 50.5 Å². The topological polar surface area (TPSA) is 36.9 Å². The van der Waals surface area contributed by atoms with Gasteiger partial charge in [-0.25, -0.2) is 0 Å². The predicted octanol–water partition coefficient (Wildman–Crippen LogP) is 6.01. The lowest BCUT2D eigenvalue weighted by Crippen LogP contribution is -2.67. The smallest absolute Gasteiger partial charge is 0.192 e. The Hall–Kier alpha value is -0.203. The van der Waals surface area contributed by atoms with Gasteiger partial charge in [-0.1, -0.05) is 26.8 Å². The first-order valence-corrected chi connectivity index (χ1v) is 14.6. The van der Waals surface area contributed by atoms with E-state index in [1.807, 2.05) is 6.08 Å². The summed E-state index contributed by atoms with van der Waals surface area (Å²) >= 11 is 0. The Morgan fingerprint density at radius 1 is 1.14 bits per heavy atom. The van der Waals surface area contributed by atoms with E-state index in [-0.39, 0.29) is 40.7 Å². The third-order valence-corrected chi connectivity index (χ3v) is 12.4. The van der Waals surface area contributed by atoms with Gasteiger partial charge in [0.25, 0.3) is 0 Å². The van der Waals surface area contributed by atoms with Crippen molar-refractivity contribution in [2.24, 2.45) is 0 Å². The van der Waals surface area contributed by atoms with Gasteiger partial charge in [0.15, 0.2) is 8.32 Å². The summed E-state index contributed by atoms with van der Waals surface area (Å²) in [5.41, 5.74) is -0.577. The summed E-state index contributed by atoms with van der Waals surface area (Å²) in [5, 5.41) is 0.178. The van der Waals surface area contributed by atoms with E-state index in [9.17, 15) is 0 Å². The molecule has 0 aliphatic carbocycles. The van der Waals surface area contributed by atoms with Gasteiger partial charge in [-0.3, -0.25) is 0 Å². The van der Waals surface area contributed by atoms with E-state index in [2.05, 4.69) is 54.3 Å². The molecule has 0 aromatic heterocycles. The van der Waals surface area contributed by atoms with E-state index in [0.29, 0.717) is 0 Å². The van der Waals surface area contributed by atoms with Crippen LogP contribution in [0, 0.1) is 0 Å². The highest BCUT2D eigenvalue weighted by molar-refractivity contribution is 6.74. The molecule has 0 aromatic carbocycles. The molecule has 3 fully saturated rings. The van der Waals surface area contributed by atoms with Crippen molar-refractivity contribution in [1.29, 1.82) is 0 Å². The zero-order chi connectivity index (χ0) is 21.5. The van der Waals surface area contributed by atoms with Crippen LogP contribution in [0.1, 0.15) is 79.6 Å². The second-order valence-electron chi connectivity index (χ2n) is 11.4. The van der Waals surface area contributed by atoms with Crippen molar-refractivity contribution in [1.82, 2.24) is 0 Å². The lowest BCUT2D eigenvalue weighted by Gasteiger charge is -2.57. The lowest BCUT2D eigenvalue weighted by molar-refractivity contribution is -0.309. The first kappa shape index (κ1) is 23.5. The van der Waals surface area contributed by atoms with Crippen molar-refractivity contribution in [2.75, 3.05) is 6.61 Å². The number of hydrogen-bond acceptors (Lipinski definition) is 4. The molecule has 3 aliphatic rings. The molecular formula is C24H44O4Si. The third kappa shape index (κ3) is 4.84. The van der Waals surface area contributed by atoms with E-state index >= 15 is 0 Å². The molecule has 0 saturated carbocycles. The van der Waals surface area contributed by atoms with Crippen molar-refractivity contribution in [3.63, 3.8) is 0 Å². The number of fused-ring (bicyclic) bond motifs is 2. The van der Waals surface area contributed by atoms with Gasteiger partial charge in [0.1, 0.15) is 0 Å². The first-order chi connectivity index (χ1) is 13.4. The Morgan fingerprint density at radius 3 is 2.52 bits per heavy atom. The molecule has 0 amide bonds. The molecule has 0 spiro atoms. The molecule has 0 bridgehead atoms. The molecule has 0 radical (unpaired) electrons. The summed E-state index contributed by atoms with van der Waals surface area (Å²) < 4.78 is 26.8. The van der Waals surface area contributed by atoms with Gasteiger partial charge in [-0.05, 0) is 64.1 Å². The zero-order valence-electron chi connectivity index (χ0n) is 19.9. The summed E-state index contributed by atoms with van der Waals surface area (Å²) in [7, 11) is -1.90. The molecule has 168 valence electrons. The van der Waals surface area contributed by atoms with Gasteiger partial charge >= 0.3 is 0 Å². The monoisotopic (exact) mass is 424 g/mol. The highest BCUT2D eigenvalue weighted by atomic mass is 28.4. The molecule has 3 rings (SSSR count). The van der Waals surface area contributed by atoms with Crippen molar-refractivity contribution in [3.05, 3.63) is 12.7 Å². The average Bonchev–Trinajstić information content (AvgIpc) is 2.77. The highest BCUT2D eigenvalue weighted by Gasteiger charge is 2.58. The molecule has 29 heavy (non-hydrogen) atoms. The highest BCUT2D eigenvalue weighted by Crippen LogP contribution is 2.49. The van der Waals surface area contributed by atoms with Gasteiger partial charge in [0.2, 0.25) is 0 Å². The van der Waals surface area contributed by atoms with Gasteiger partial charge < -0.3 is 18.6 Å². The minimum Gasteiger partial charge on any atom is -0.411 e. The minimum absolute atomic E-state index is 0.0667. The van der Waals surface area contributed by atoms with Crippen molar-refractivity contribution < 1.29 is 18.6 Å². The summed E-state index contributed by atoms with van der Waals surface area (Å²) in [6.07, 6.45) is 9.47. The molecule has 3 saturated heterocycles. The Labute approximate surface area is 179 Å². The SMILES string of the molecule is C=CCC[C@@H]1O[C@]2(C)C[C@]3(C)OCCCC[C@H]3O[C@H]2C[C@H]1O[Si](C)(C)C(C)(C)C. The van der Waals surface area contributed by atoms with E-state index < -0.39 is 8.32 Å². The van der Waals surface area contributed by atoms with Gasteiger partial charge in [-0.15, -0.1) is 6.58 Å². The standard InChI is InChI=1S/C24H44O4Si/c1-9-10-13-18-19(28-29(7,8)22(2,3)4)16-21-24(6,27-18)17-23(5)20(26-21)14-11-12-15-25-23/h9,18-21H,1,10-17H2,2-8H3/t18-,19+,20+,21-,23-,24+/m0/s1. The molecular weight excluding hydrogens is 380 g/mol. The fraction of sp³-hybridized carbons (Fsp3) is 0.917. The molecule has 0 unspecified atom stereocenters. The number of rotatable bonds is 5. The Balaban J connectivity index is 1.83. The fourth-order valence-electron chi connectivity index (χ4n) is 5.08. The van der Waals surface area contributed by atoms with Crippen LogP contribution in [0.2, 0.25) is 18.1 Å². The quantitative estimate of drug-likeness (QED) is 0.400. The van der Waals surface area contributed by atoms with Crippen LogP contribution in [0.5, 0.6) is 0 Å². The zero-order valence-corrected chi connectivity index (χ0v) is 20.9. The Morgan fingerprint density at radius 2 is 1.86 bits per heavy atom. The Bertz CT molecular complexity index is 586. The predicted molar refractivity (Wildman–Crippen MR) is 121 cm³/mol. The molecule has 4 nitrogen and oxygen atoms in total. The maximum absolute atomic E-state index is 6.90. The van der Waals surface area contributed by atoms with Crippen LogP contribution in [0.25, 0.3) is 0 Å². The van der Waals surface area contributed by atoms with E-state index in [4.69, 9.17) is 18.6 Å². The molecule has 0 aromatic rings. The average molecular weight is 425 g/mol. The maximum atomic E-state index is 6.90.